The van der Waals surface area contributed by atoms with Gasteiger partial charge in [-0.1, -0.05) is 0 Å². The second-order valence-corrected chi connectivity index (χ2v) is 3.98. The van der Waals surface area contributed by atoms with Crippen LogP contribution in [0.15, 0.2) is 18.2 Å². The normalized spacial score (nSPS) is 10.2. The second kappa shape index (κ2) is 8.56. The zero-order valence-corrected chi connectivity index (χ0v) is 12.9. The quantitative estimate of drug-likeness (QED) is 0.557. The predicted molar refractivity (Wildman–Crippen MR) is 78.1 cm³/mol. The van der Waals surface area contributed by atoms with E-state index in [4.69, 9.17) is 14.2 Å². The van der Waals surface area contributed by atoms with Crippen molar-refractivity contribution in [2.45, 2.75) is 0 Å². The number of carbonyl (C=O) groups is 2. The molecule has 0 saturated carbocycles. The van der Waals surface area contributed by atoms with Crippen LogP contribution in [0.3, 0.4) is 0 Å². The molecule has 1 aromatic carbocycles. The van der Waals surface area contributed by atoms with E-state index in [0.29, 0.717) is 22.8 Å². The van der Waals surface area contributed by atoms with Crippen LogP contribution in [0.4, 0.5) is 0 Å². The molecule has 22 heavy (non-hydrogen) atoms. The van der Waals surface area contributed by atoms with Gasteiger partial charge in [0, 0.05) is 6.08 Å². The highest BCUT2D eigenvalue weighted by atomic mass is 16.6. The Bertz CT molecular complexity index is 538. The molecule has 0 spiro atoms. The topological polar surface area (TPSA) is 80.3 Å². The maximum Gasteiger partial charge on any atom is 0.344 e. The number of benzene rings is 1. The van der Waals surface area contributed by atoms with Gasteiger partial charge >= 0.3 is 11.9 Å². The van der Waals surface area contributed by atoms with Crippen molar-refractivity contribution in [2.24, 2.45) is 0 Å². The van der Waals surface area contributed by atoms with Gasteiger partial charge in [0.15, 0.2) is 18.1 Å². The lowest BCUT2D eigenvalue weighted by Crippen LogP contribution is -2.13. The molecule has 0 radical (unpaired) electrons. The fraction of sp³-hybridized carbons (Fsp3) is 0.333. The van der Waals surface area contributed by atoms with Gasteiger partial charge in [-0.2, -0.15) is 0 Å². The van der Waals surface area contributed by atoms with Crippen LogP contribution in [-0.2, 0) is 19.1 Å². The first-order valence-corrected chi connectivity index (χ1v) is 6.27. The van der Waals surface area contributed by atoms with Crippen LogP contribution in [0.5, 0.6) is 17.2 Å². The van der Waals surface area contributed by atoms with Crippen molar-refractivity contribution < 1.29 is 33.3 Å². The number of ether oxygens (including phenoxy) is 5. The minimum atomic E-state index is -0.667. The summed E-state index contributed by atoms with van der Waals surface area (Å²) in [5, 5.41) is 0. The summed E-state index contributed by atoms with van der Waals surface area (Å²) in [7, 11) is 5.70. The molecule has 0 bridgehead atoms. The Hall–Kier alpha value is -2.70. The van der Waals surface area contributed by atoms with Gasteiger partial charge in [-0.05, 0) is 23.8 Å². The maximum atomic E-state index is 11.5. The first-order valence-electron chi connectivity index (χ1n) is 6.27. The van der Waals surface area contributed by atoms with Crippen molar-refractivity contribution in [3.63, 3.8) is 0 Å². The minimum Gasteiger partial charge on any atom is -0.493 e. The number of methoxy groups -OCH3 is 4. The first kappa shape index (κ1) is 17.4. The van der Waals surface area contributed by atoms with Crippen LogP contribution in [0.2, 0.25) is 0 Å². The third-order valence-corrected chi connectivity index (χ3v) is 2.66. The molecule has 0 amide bonds. The molecule has 0 saturated heterocycles. The summed E-state index contributed by atoms with van der Waals surface area (Å²) >= 11 is 0. The van der Waals surface area contributed by atoms with E-state index in [9.17, 15) is 9.59 Å². The number of hydrogen-bond acceptors (Lipinski definition) is 7. The third kappa shape index (κ3) is 4.69. The molecule has 0 N–H and O–H groups in total. The van der Waals surface area contributed by atoms with E-state index in [-0.39, 0.29) is 0 Å². The minimum absolute atomic E-state index is 0.436. The fourth-order valence-electron chi connectivity index (χ4n) is 1.60. The molecule has 0 atom stereocenters. The molecule has 0 heterocycles. The van der Waals surface area contributed by atoms with Gasteiger partial charge in [0.05, 0.1) is 28.4 Å². The first-order chi connectivity index (χ1) is 10.5. The highest BCUT2D eigenvalue weighted by molar-refractivity contribution is 5.88. The summed E-state index contributed by atoms with van der Waals surface area (Å²) in [6.45, 7) is -0.436. The Kier molecular flexibility index (Phi) is 6.75. The molecular weight excluding hydrogens is 292 g/mol. The summed E-state index contributed by atoms with van der Waals surface area (Å²) in [5.74, 6) is 0.0814. The average Bonchev–Trinajstić information content (AvgIpc) is 2.56. The van der Waals surface area contributed by atoms with Crippen molar-refractivity contribution in [2.75, 3.05) is 35.0 Å². The average molecular weight is 310 g/mol. The zero-order chi connectivity index (χ0) is 16.5. The van der Waals surface area contributed by atoms with E-state index in [1.165, 1.54) is 40.6 Å². The van der Waals surface area contributed by atoms with E-state index in [1.807, 2.05) is 0 Å². The smallest absolute Gasteiger partial charge is 0.344 e. The standard InChI is InChI=1S/C15H18O7/c1-18-11-7-10(8-12(19-2)15(11)21-4)5-6-13(16)22-9-14(17)20-3/h5-8H,9H2,1-4H3/b6-5+. The molecule has 0 aliphatic heterocycles. The number of hydrogen-bond donors (Lipinski definition) is 0. The van der Waals surface area contributed by atoms with Gasteiger partial charge in [0.2, 0.25) is 5.75 Å². The van der Waals surface area contributed by atoms with Crippen LogP contribution in [0.1, 0.15) is 5.56 Å². The van der Waals surface area contributed by atoms with Crippen molar-refractivity contribution in [3.8, 4) is 17.2 Å². The van der Waals surface area contributed by atoms with Crippen molar-refractivity contribution in [1.82, 2.24) is 0 Å². The zero-order valence-electron chi connectivity index (χ0n) is 12.9. The van der Waals surface area contributed by atoms with Crippen LogP contribution in [0.25, 0.3) is 6.08 Å². The summed E-state index contributed by atoms with van der Waals surface area (Å²) in [5.41, 5.74) is 0.643. The summed E-state index contributed by atoms with van der Waals surface area (Å²) < 4.78 is 24.7. The maximum absolute atomic E-state index is 11.5. The third-order valence-electron chi connectivity index (χ3n) is 2.66. The van der Waals surface area contributed by atoms with Gasteiger partial charge in [-0.25, -0.2) is 9.59 Å². The Morgan fingerprint density at radius 1 is 1.00 bits per heavy atom. The summed E-state index contributed by atoms with van der Waals surface area (Å²) in [4.78, 5) is 22.3. The Morgan fingerprint density at radius 2 is 1.59 bits per heavy atom. The summed E-state index contributed by atoms with van der Waals surface area (Å²) in [6, 6.07) is 3.34. The fourth-order valence-corrected chi connectivity index (χ4v) is 1.60. The van der Waals surface area contributed by atoms with Crippen molar-refractivity contribution in [1.29, 1.82) is 0 Å². The van der Waals surface area contributed by atoms with Crippen LogP contribution < -0.4 is 14.2 Å². The highest BCUT2D eigenvalue weighted by Crippen LogP contribution is 2.38. The number of rotatable bonds is 7. The van der Waals surface area contributed by atoms with Crippen molar-refractivity contribution in [3.05, 3.63) is 23.8 Å². The van der Waals surface area contributed by atoms with Crippen LogP contribution in [-0.4, -0.2) is 47.0 Å². The van der Waals surface area contributed by atoms with Gasteiger partial charge < -0.3 is 23.7 Å². The SMILES string of the molecule is COC(=O)COC(=O)/C=C/c1cc(OC)c(OC)c(OC)c1. The lowest BCUT2D eigenvalue weighted by molar-refractivity contribution is -0.154. The molecule has 1 aromatic rings. The van der Waals surface area contributed by atoms with E-state index in [1.54, 1.807) is 12.1 Å². The molecular formula is C15H18O7. The van der Waals surface area contributed by atoms with Crippen LogP contribution in [0, 0.1) is 0 Å². The van der Waals surface area contributed by atoms with E-state index in [2.05, 4.69) is 9.47 Å². The molecule has 0 fully saturated rings. The van der Waals surface area contributed by atoms with Gasteiger partial charge in [-0.15, -0.1) is 0 Å². The van der Waals surface area contributed by atoms with E-state index < -0.39 is 18.5 Å². The van der Waals surface area contributed by atoms with E-state index in [0.717, 1.165) is 0 Å². The monoisotopic (exact) mass is 310 g/mol. The predicted octanol–water partition coefficient (Wildman–Crippen LogP) is 1.44. The largest absolute Gasteiger partial charge is 0.493 e. The molecule has 120 valence electrons. The lowest BCUT2D eigenvalue weighted by atomic mass is 10.1. The van der Waals surface area contributed by atoms with E-state index >= 15 is 0 Å². The van der Waals surface area contributed by atoms with Gasteiger partial charge in [0.1, 0.15) is 0 Å². The lowest BCUT2D eigenvalue weighted by Gasteiger charge is -2.12. The molecule has 1 rings (SSSR count). The molecule has 0 aliphatic carbocycles. The number of carbonyl (C=O) groups excluding carboxylic acids is 2. The molecule has 7 heteroatoms. The van der Waals surface area contributed by atoms with Crippen LogP contribution >= 0.6 is 0 Å². The molecule has 0 aromatic heterocycles. The molecule has 0 aliphatic rings. The van der Waals surface area contributed by atoms with Gasteiger partial charge in [-0.3, -0.25) is 0 Å². The highest BCUT2D eigenvalue weighted by Gasteiger charge is 2.12. The van der Waals surface area contributed by atoms with Crippen molar-refractivity contribution >= 4 is 18.0 Å². The molecule has 7 nitrogen and oxygen atoms in total. The number of esters is 2. The molecule has 0 unspecified atom stereocenters. The second-order valence-electron chi connectivity index (χ2n) is 3.98. The Balaban J connectivity index is 2.86. The Morgan fingerprint density at radius 3 is 2.05 bits per heavy atom. The van der Waals surface area contributed by atoms with Gasteiger partial charge in [0.25, 0.3) is 0 Å². The summed E-state index contributed by atoms with van der Waals surface area (Å²) in [6.07, 6.45) is 2.69. The Labute approximate surface area is 128 Å².